The van der Waals surface area contributed by atoms with Gasteiger partial charge in [0.2, 0.25) is 5.13 Å². The van der Waals surface area contributed by atoms with E-state index in [0.29, 0.717) is 18.1 Å². The minimum atomic E-state index is 0.0417. The third kappa shape index (κ3) is 2.03. The van der Waals surface area contributed by atoms with Crippen molar-refractivity contribution in [1.82, 2.24) is 9.36 Å². The van der Waals surface area contributed by atoms with Crippen molar-refractivity contribution in [2.45, 2.75) is 70.0 Å². The summed E-state index contributed by atoms with van der Waals surface area (Å²) in [5, 5.41) is 1.11. The summed E-state index contributed by atoms with van der Waals surface area (Å²) in [5.74, 6) is 0.969. The Morgan fingerprint density at radius 2 is 1.83 bits per heavy atom. The number of aromatic nitrogens is 2. The molecule has 0 amide bonds. The maximum Gasteiger partial charge on any atom is 0.205 e. The Labute approximate surface area is 113 Å². The molecule has 0 aromatic carbocycles. The summed E-state index contributed by atoms with van der Waals surface area (Å²) in [6.07, 6.45) is 4.76. The van der Waals surface area contributed by atoms with Crippen LogP contribution in [0.25, 0.3) is 0 Å². The highest BCUT2D eigenvalue weighted by molar-refractivity contribution is 7.09. The first-order chi connectivity index (χ1) is 8.45. The van der Waals surface area contributed by atoms with E-state index in [1.54, 1.807) is 11.5 Å². The molecule has 0 radical (unpaired) electrons. The number of piperidine rings is 1. The number of hydrogen-bond donors (Lipinski definition) is 1. The van der Waals surface area contributed by atoms with Crippen molar-refractivity contribution in [3.05, 3.63) is 5.82 Å². The Morgan fingerprint density at radius 3 is 2.33 bits per heavy atom. The van der Waals surface area contributed by atoms with E-state index in [0.717, 1.165) is 23.8 Å². The lowest BCUT2D eigenvalue weighted by molar-refractivity contribution is 0.413. The fraction of sp³-hybridized carbons (Fsp3) is 0.846. The van der Waals surface area contributed by atoms with E-state index in [-0.39, 0.29) is 5.41 Å². The SMILES string of the molecule is CC(C)(C)c1nsc(N2C3CCC2CC(N)C3)n1. The third-order valence-corrected chi connectivity index (χ3v) is 4.81. The maximum absolute atomic E-state index is 6.11. The van der Waals surface area contributed by atoms with Gasteiger partial charge in [-0.2, -0.15) is 4.37 Å². The molecular weight excluding hydrogens is 244 g/mol. The van der Waals surface area contributed by atoms with Crippen LogP contribution in [0.1, 0.15) is 52.3 Å². The molecule has 2 aliphatic heterocycles. The molecule has 1 aromatic rings. The van der Waals surface area contributed by atoms with E-state index in [2.05, 4.69) is 30.0 Å². The molecule has 3 heterocycles. The quantitative estimate of drug-likeness (QED) is 0.847. The first kappa shape index (κ1) is 12.4. The number of anilines is 1. The fourth-order valence-corrected chi connectivity index (χ4v) is 4.16. The van der Waals surface area contributed by atoms with Crippen molar-refractivity contribution in [2.24, 2.45) is 5.73 Å². The van der Waals surface area contributed by atoms with Crippen LogP contribution in [0.2, 0.25) is 0 Å². The number of hydrogen-bond acceptors (Lipinski definition) is 5. The molecule has 2 bridgehead atoms. The van der Waals surface area contributed by atoms with Gasteiger partial charge in [0, 0.05) is 35.1 Å². The Kier molecular flexibility index (Phi) is 2.86. The Hall–Kier alpha value is -0.680. The van der Waals surface area contributed by atoms with E-state index in [1.807, 2.05) is 0 Å². The largest absolute Gasteiger partial charge is 0.341 e. The van der Waals surface area contributed by atoms with Gasteiger partial charge < -0.3 is 10.6 Å². The van der Waals surface area contributed by atoms with Gasteiger partial charge in [0.15, 0.2) is 0 Å². The molecule has 2 atom stereocenters. The molecule has 100 valence electrons. The lowest BCUT2D eigenvalue weighted by Gasteiger charge is -2.37. The van der Waals surface area contributed by atoms with Crippen molar-refractivity contribution < 1.29 is 0 Å². The van der Waals surface area contributed by atoms with Crippen LogP contribution >= 0.6 is 11.5 Å². The van der Waals surface area contributed by atoms with Gasteiger partial charge in [-0.15, -0.1) is 0 Å². The smallest absolute Gasteiger partial charge is 0.205 e. The number of rotatable bonds is 1. The average molecular weight is 266 g/mol. The second kappa shape index (κ2) is 4.17. The molecule has 0 spiro atoms. The number of nitrogens with zero attached hydrogens (tertiary/aromatic N) is 3. The minimum Gasteiger partial charge on any atom is -0.341 e. The van der Waals surface area contributed by atoms with Crippen LogP contribution in [-0.2, 0) is 5.41 Å². The zero-order valence-electron chi connectivity index (χ0n) is 11.4. The first-order valence-electron chi connectivity index (χ1n) is 6.83. The van der Waals surface area contributed by atoms with Gasteiger partial charge in [-0.05, 0) is 25.7 Å². The third-order valence-electron chi connectivity index (χ3n) is 4.08. The number of nitrogens with two attached hydrogens (primary N) is 1. The predicted molar refractivity (Wildman–Crippen MR) is 75.1 cm³/mol. The molecule has 18 heavy (non-hydrogen) atoms. The Morgan fingerprint density at radius 1 is 1.22 bits per heavy atom. The van der Waals surface area contributed by atoms with Gasteiger partial charge in [-0.1, -0.05) is 20.8 Å². The van der Waals surface area contributed by atoms with E-state index >= 15 is 0 Å². The molecule has 0 saturated carbocycles. The molecular formula is C13H22N4S. The average Bonchev–Trinajstić information content (AvgIpc) is 2.81. The fourth-order valence-electron chi connectivity index (χ4n) is 3.16. The van der Waals surface area contributed by atoms with E-state index in [4.69, 9.17) is 10.7 Å². The first-order valence-corrected chi connectivity index (χ1v) is 7.60. The van der Waals surface area contributed by atoms with Gasteiger partial charge >= 0.3 is 0 Å². The molecule has 2 N–H and O–H groups in total. The van der Waals surface area contributed by atoms with Crippen LogP contribution in [-0.4, -0.2) is 27.5 Å². The van der Waals surface area contributed by atoms with Crippen LogP contribution in [0.3, 0.4) is 0 Å². The molecule has 1 aromatic heterocycles. The van der Waals surface area contributed by atoms with Gasteiger partial charge in [-0.25, -0.2) is 4.98 Å². The minimum absolute atomic E-state index is 0.0417. The topological polar surface area (TPSA) is 55.0 Å². The highest BCUT2D eigenvalue weighted by Crippen LogP contribution is 2.40. The second-order valence-electron chi connectivity index (χ2n) is 6.67. The van der Waals surface area contributed by atoms with Crippen molar-refractivity contribution in [3.63, 3.8) is 0 Å². The zero-order valence-corrected chi connectivity index (χ0v) is 12.2. The van der Waals surface area contributed by atoms with Crippen molar-refractivity contribution >= 4 is 16.7 Å². The highest BCUT2D eigenvalue weighted by atomic mass is 32.1. The van der Waals surface area contributed by atoms with E-state index < -0.39 is 0 Å². The normalized spacial score (nSPS) is 32.0. The highest BCUT2D eigenvalue weighted by Gasteiger charge is 2.41. The van der Waals surface area contributed by atoms with E-state index in [1.165, 1.54) is 12.8 Å². The summed E-state index contributed by atoms with van der Waals surface area (Å²) >= 11 is 1.56. The summed E-state index contributed by atoms with van der Waals surface area (Å²) in [5.41, 5.74) is 6.15. The molecule has 3 rings (SSSR count). The summed E-state index contributed by atoms with van der Waals surface area (Å²) in [7, 11) is 0. The molecule has 2 unspecified atom stereocenters. The van der Waals surface area contributed by atoms with Crippen molar-refractivity contribution in [3.8, 4) is 0 Å². The lowest BCUT2D eigenvalue weighted by Crippen LogP contribution is -2.47. The van der Waals surface area contributed by atoms with Crippen molar-refractivity contribution in [1.29, 1.82) is 0 Å². The van der Waals surface area contributed by atoms with Crippen LogP contribution in [0.15, 0.2) is 0 Å². The predicted octanol–water partition coefficient (Wildman–Crippen LogP) is 2.29. The zero-order chi connectivity index (χ0) is 12.9. The Balaban J connectivity index is 1.86. The molecule has 4 nitrogen and oxygen atoms in total. The van der Waals surface area contributed by atoms with Gasteiger partial charge in [0.1, 0.15) is 5.82 Å². The second-order valence-corrected chi connectivity index (χ2v) is 7.40. The van der Waals surface area contributed by atoms with Crippen LogP contribution in [0, 0.1) is 0 Å². The summed E-state index contributed by atoms with van der Waals surface area (Å²) < 4.78 is 4.54. The van der Waals surface area contributed by atoms with Crippen LogP contribution < -0.4 is 10.6 Å². The van der Waals surface area contributed by atoms with Gasteiger partial charge in [-0.3, -0.25) is 0 Å². The summed E-state index contributed by atoms with van der Waals surface area (Å²) in [6.45, 7) is 6.50. The lowest BCUT2D eigenvalue weighted by atomic mass is 9.96. The van der Waals surface area contributed by atoms with Gasteiger partial charge in [0.25, 0.3) is 0 Å². The monoisotopic (exact) mass is 266 g/mol. The van der Waals surface area contributed by atoms with Crippen LogP contribution in [0.5, 0.6) is 0 Å². The molecule has 2 fully saturated rings. The maximum atomic E-state index is 6.11. The molecule has 2 aliphatic rings. The summed E-state index contributed by atoms with van der Waals surface area (Å²) in [4.78, 5) is 7.26. The summed E-state index contributed by atoms with van der Waals surface area (Å²) in [6, 6.07) is 1.58. The molecule has 0 aliphatic carbocycles. The van der Waals surface area contributed by atoms with E-state index in [9.17, 15) is 0 Å². The molecule has 5 heteroatoms. The van der Waals surface area contributed by atoms with Gasteiger partial charge in [0.05, 0.1) is 0 Å². The van der Waals surface area contributed by atoms with Crippen LogP contribution in [0.4, 0.5) is 5.13 Å². The molecule has 2 saturated heterocycles. The Bertz CT molecular complexity index is 422. The number of fused-ring (bicyclic) bond motifs is 2. The van der Waals surface area contributed by atoms with Crippen molar-refractivity contribution in [2.75, 3.05) is 4.90 Å². The standard InChI is InChI=1S/C13H22N4S/c1-13(2,3)11-15-12(18-16-11)17-9-4-5-10(17)7-8(14)6-9/h8-10H,4-7,14H2,1-3H3.